The molecule has 1 aromatic carbocycles. The Bertz CT molecular complexity index is 609. The second-order valence-electron chi connectivity index (χ2n) is 5.53. The molecule has 3 rings (SSSR count). The van der Waals surface area contributed by atoms with Gasteiger partial charge in [0.2, 0.25) is 0 Å². The zero-order valence-corrected chi connectivity index (χ0v) is 13.0. The van der Waals surface area contributed by atoms with Crippen LogP contribution in [0.25, 0.3) is 0 Å². The molecule has 0 bridgehead atoms. The maximum atomic E-state index is 12.0. The van der Waals surface area contributed by atoms with Crippen molar-refractivity contribution in [3.63, 3.8) is 0 Å². The molecule has 0 saturated carbocycles. The van der Waals surface area contributed by atoms with Crippen LogP contribution >= 0.6 is 11.3 Å². The highest BCUT2D eigenvalue weighted by atomic mass is 32.1. The van der Waals surface area contributed by atoms with E-state index < -0.39 is 0 Å². The molecule has 21 heavy (non-hydrogen) atoms. The number of thiophene rings is 1. The van der Waals surface area contributed by atoms with Gasteiger partial charge in [-0.1, -0.05) is 30.3 Å². The van der Waals surface area contributed by atoms with Gasteiger partial charge in [0.15, 0.2) is 0 Å². The second-order valence-corrected chi connectivity index (χ2v) is 6.47. The van der Waals surface area contributed by atoms with Crippen LogP contribution in [0.2, 0.25) is 0 Å². The van der Waals surface area contributed by atoms with Gasteiger partial charge in [0.1, 0.15) is 0 Å². The van der Waals surface area contributed by atoms with Gasteiger partial charge in [-0.15, -0.1) is 11.3 Å². The highest BCUT2D eigenvalue weighted by Gasteiger charge is 2.20. The average molecular weight is 300 g/mol. The molecule has 1 aliphatic heterocycles. The first-order valence-corrected chi connectivity index (χ1v) is 8.24. The quantitative estimate of drug-likeness (QED) is 0.941. The van der Waals surface area contributed by atoms with E-state index in [1.165, 1.54) is 22.5 Å². The van der Waals surface area contributed by atoms with Crippen LogP contribution in [0.3, 0.4) is 0 Å². The molecule has 1 unspecified atom stereocenters. The number of nitrogens with one attached hydrogen (secondary N) is 1. The van der Waals surface area contributed by atoms with Gasteiger partial charge in [0.25, 0.3) is 5.91 Å². The first kappa shape index (κ1) is 14.3. The van der Waals surface area contributed by atoms with E-state index in [9.17, 15) is 4.79 Å². The molecule has 3 nitrogen and oxygen atoms in total. The lowest BCUT2D eigenvalue weighted by molar-refractivity contribution is 0.0936. The molecule has 110 valence electrons. The van der Waals surface area contributed by atoms with Crippen LogP contribution in [0.4, 0.5) is 0 Å². The lowest BCUT2D eigenvalue weighted by atomic mass is 9.99. The summed E-state index contributed by atoms with van der Waals surface area (Å²) in [6.07, 6.45) is 1.10. The van der Waals surface area contributed by atoms with Crippen molar-refractivity contribution >= 4 is 17.2 Å². The van der Waals surface area contributed by atoms with Crippen molar-refractivity contribution in [3.8, 4) is 0 Å². The molecule has 1 atom stereocenters. The van der Waals surface area contributed by atoms with Crippen LogP contribution in [-0.2, 0) is 13.0 Å². The Morgan fingerprint density at radius 3 is 2.86 bits per heavy atom. The van der Waals surface area contributed by atoms with E-state index in [0.717, 1.165) is 24.4 Å². The fourth-order valence-electron chi connectivity index (χ4n) is 2.76. The number of carbonyl (C=O) groups excluding carboxylic acids is 1. The van der Waals surface area contributed by atoms with E-state index >= 15 is 0 Å². The summed E-state index contributed by atoms with van der Waals surface area (Å²) in [5.41, 5.74) is 2.88. The van der Waals surface area contributed by atoms with E-state index in [4.69, 9.17) is 0 Å². The predicted molar refractivity (Wildman–Crippen MR) is 86.7 cm³/mol. The van der Waals surface area contributed by atoms with Crippen molar-refractivity contribution in [3.05, 3.63) is 57.8 Å². The lowest BCUT2D eigenvalue weighted by Gasteiger charge is -2.33. The molecule has 0 fully saturated rings. The third-order valence-electron chi connectivity index (χ3n) is 4.09. The fourth-order valence-corrected chi connectivity index (χ4v) is 3.40. The molecule has 2 aromatic rings. The van der Waals surface area contributed by atoms with Gasteiger partial charge in [-0.25, -0.2) is 0 Å². The third-order valence-corrected chi connectivity index (χ3v) is 4.96. The van der Waals surface area contributed by atoms with Crippen LogP contribution in [0.5, 0.6) is 0 Å². The number of rotatable bonds is 4. The first-order valence-electron chi connectivity index (χ1n) is 7.36. The Balaban J connectivity index is 1.55. The molecule has 1 N–H and O–H groups in total. The van der Waals surface area contributed by atoms with Crippen LogP contribution in [0, 0.1) is 0 Å². The van der Waals surface area contributed by atoms with Crippen molar-refractivity contribution < 1.29 is 4.79 Å². The Labute approximate surface area is 129 Å². The van der Waals surface area contributed by atoms with Crippen molar-refractivity contribution in [1.29, 1.82) is 0 Å². The van der Waals surface area contributed by atoms with Gasteiger partial charge in [-0.2, -0.15) is 0 Å². The summed E-state index contributed by atoms with van der Waals surface area (Å²) in [6, 6.07) is 12.8. The van der Waals surface area contributed by atoms with Crippen molar-refractivity contribution in [2.24, 2.45) is 0 Å². The molecule has 0 radical (unpaired) electrons. The smallest absolute Gasteiger partial charge is 0.261 e. The molecular formula is C17H20N2OS. The molecule has 0 aliphatic carbocycles. The summed E-state index contributed by atoms with van der Waals surface area (Å²) in [4.78, 5) is 15.2. The Hall–Kier alpha value is -1.65. The van der Waals surface area contributed by atoms with E-state index in [0.29, 0.717) is 12.6 Å². The minimum Gasteiger partial charge on any atom is -0.350 e. The number of amides is 1. The summed E-state index contributed by atoms with van der Waals surface area (Å²) in [6.45, 7) is 4.92. The minimum absolute atomic E-state index is 0.0364. The van der Waals surface area contributed by atoms with Crippen molar-refractivity contribution in [2.45, 2.75) is 25.9 Å². The number of fused-ring (bicyclic) bond motifs is 1. The van der Waals surface area contributed by atoms with E-state index in [1.54, 1.807) is 0 Å². The summed E-state index contributed by atoms with van der Waals surface area (Å²) in [5, 5.41) is 4.97. The highest BCUT2D eigenvalue weighted by molar-refractivity contribution is 7.12. The highest BCUT2D eigenvalue weighted by Crippen LogP contribution is 2.20. The molecule has 1 aliphatic rings. The summed E-state index contributed by atoms with van der Waals surface area (Å²) >= 11 is 1.48. The molecule has 1 amide bonds. The minimum atomic E-state index is 0.0364. The zero-order chi connectivity index (χ0) is 14.7. The standard InChI is InChI=1S/C17H20N2OS/c1-13(11-18-17(20)16-7-4-10-21-16)19-9-8-14-5-2-3-6-15(14)12-19/h2-7,10,13H,8-9,11-12H2,1H3,(H,18,20). The molecule has 4 heteroatoms. The Kier molecular flexibility index (Phi) is 4.36. The molecule has 0 spiro atoms. The van der Waals surface area contributed by atoms with Gasteiger partial charge < -0.3 is 5.32 Å². The maximum Gasteiger partial charge on any atom is 0.261 e. The topological polar surface area (TPSA) is 32.3 Å². The van der Waals surface area contributed by atoms with Crippen LogP contribution in [0.15, 0.2) is 41.8 Å². The second kappa shape index (κ2) is 6.41. The van der Waals surface area contributed by atoms with Gasteiger partial charge in [0, 0.05) is 25.7 Å². The third kappa shape index (κ3) is 3.34. The lowest BCUT2D eigenvalue weighted by Crippen LogP contribution is -2.44. The average Bonchev–Trinajstić information content (AvgIpc) is 3.06. The summed E-state index contributed by atoms with van der Waals surface area (Å²) in [7, 11) is 0. The SMILES string of the molecule is CC(CNC(=O)c1cccs1)N1CCc2ccccc2C1. The van der Waals surface area contributed by atoms with Gasteiger partial charge in [0.05, 0.1) is 4.88 Å². The Morgan fingerprint density at radius 2 is 2.10 bits per heavy atom. The van der Waals surface area contributed by atoms with E-state index in [1.807, 2.05) is 17.5 Å². The van der Waals surface area contributed by atoms with Crippen LogP contribution in [0.1, 0.15) is 27.7 Å². The number of nitrogens with zero attached hydrogens (tertiary/aromatic N) is 1. The van der Waals surface area contributed by atoms with E-state index in [2.05, 4.69) is 41.4 Å². The maximum absolute atomic E-state index is 12.0. The van der Waals surface area contributed by atoms with Crippen molar-refractivity contribution in [1.82, 2.24) is 10.2 Å². The van der Waals surface area contributed by atoms with Gasteiger partial charge >= 0.3 is 0 Å². The number of carbonyl (C=O) groups is 1. The van der Waals surface area contributed by atoms with Gasteiger partial charge in [-0.05, 0) is 35.9 Å². The molecule has 1 aromatic heterocycles. The first-order chi connectivity index (χ1) is 10.2. The van der Waals surface area contributed by atoms with Gasteiger partial charge in [-0.3, -0.25) is 9.69 Å². The largest absolute Gasteiger partial charge is 0.350 e. The summed E-state index contributed by atoms with van der Waals surface area (Å²) < 4.78 is 0. The van der Waals surface area contributed by atoms with Crippen LogP contribution < -0.4 is 5.32 Å². The molecular weight excluding hydrogens is 280 g/mol. The Morgan fingerprint density at radius 1 is 1.29 bits per heavy atom. The summed E-state index contributed by atoms with van der Waals surface area (Å²) in [5.74, 6) is 0.0364. The number of hydrogen-bond acceptors (Lipinski definition) is 3. The predicted octanol–water partition coefficient (Wildman–Crippen LogP) is 2.92. The number of benzene rings is 1. The fraction of sp³-hybridized carbons (Fsp3) is 0.353. The zero-order valence-electron chi connectivity index (χ0n) is 12.2. The normalized spacial score (nSPS) is 16.2. The van der Waals surface area contributed by atoms with Crippen molar-refractivity contribution in [2.75, 3.05) is 13.1 Å². The monoisotopic (exact) mass is 300 g/mol. The molecule has 2 heterocycles. The number of hydrogen-bond donors (Lipinski definition) is 1. The molecule has 0 saturated heterocycles. The van der Waals surface area contributed by atoms with E-state index in [-0.39, 0.29) is 5.91 Å². The van der Waals surface area contributed by atoms with Crippen LogP contribution in [-0.4, -0.2) is 29.9 Å².